The zero-order chi connectivity index (χ0) is 11.4. The highest BCUT2D eigenvalue weighted by atomic mass is 16.1. The molecular weight excluding hydrogens is 196 g/mol. The highest BCUT2D eigenvalue weighted by Crippen LogP contribution is 2.23. The molecule has 0 heterocycles. The minimum absolute atomic E-state index is 0.486. The van der Waals surface area contributed by atoms with Crippen molar-refractivity contribution >= 4 is 6.29 Å². The van der Waals surface area contributed by atoms with Crippen molar-refractivity contribution in [1.29, 1.82) is 0 Å². The maximum absolute atomic E-state index is 10.5. The molecule has 0 aliphatic rings. The van der Waals surface area contributed by atoms with Gasteiger partial charge in [-0.15, -0.1) is 0 Å². The topological polar surface area (TPSA) is 17.1 Å². The number of hydrogen-bond acceptors (Lipinski definition) is 1. The van der Waals surface area contributed by atoms with E-state index in [1.165, 1.54) is 16.7 Å². The largest absolute Gasteiger partial charge is 0.303 e. The molecule has 0 saturated heterocycles. The molecule has 0 bridgehead atoms. The van der Waals surface area contributed by atoms with Crippen LogP contribution in [0.3, 0.4) is 0 Å². The summed E-state index contributed by atoms with van der Waals surface area (Å²) in [7, 11) is 0. The summed E-state index contributed by atoms with van der Waals surface area (Å²) in [5.74, 6) is 0. The van der Waals surface area contributed by atoms with Gasteiger partial charge in [-0.3, -0.25) is 0 Å². The molecule has 2 rings (SSSR count). The number of carbonyl (C=O) groups is 1. The summed E-state index contributed by atoms with van der Waals surface area (Å²) in [5, 5.41) is 0. The lowest BCUT2D eigenvalue weighted by molar-refractivity contribution is -0.107. The van der Waals surface area contributed by atoms with Crippen LogP contribution < -0.4 is 0 Å². The van der Waals surface area contributed by atoms with Gasteiger partial charge in [-0.2, -0.15) is 0 Å². The van der Waals surface area contributed by atoms with Gasteiger partial charge in [-0.25, -0.2) is 0 Å². The molecule has 2 aromatic rings. The molecule has 0 saturated carbocycles. The van der Waals surface area contributed by atoms with Crippen LogP contribution in [0.1, 0.15) is 11.1 Å². The molecule has 0 aliphatic heterocycles. The Morgan fingerprint density at radius 1 is 1.06 bits per heavy atom. The third kappa shape index (κ3) is 2.19. The van der Waals surface area contributed by atoms with Gasteiger partial charge in [-0.05, 0) is 29.2 Å². The summed E-state index contributed by atoms with van der Waals surface area (Å²) >= 11 is 0. The molecule has 80 valence electrons. The van der Waals surface area contributed by atoms with Crippen LogP contribution in [0.25, 0.3) is 11.1 Å². The maximum atomic E-state index is 10.5. The molecule has 1 nitrogen and oxygen atoms in total. The molecule has 0 fully saturated rings. The van der Waals surface area contributed by atoms with Crippen LogP contribution >= 0.6 is 0 Å². The molecule has 16 heavy (non-hydrogen) atoms. The second-order valence-corrected chi connectivity index (χ2v) is 3.89. The van der Waals surface area contributed by atoms with Gasteiger partial charge in [0, 0.05) is 6.42 Å². The first-order valence-electron chi connectivity index (χ1n) is 5.40. The SMILES string of the molecule is Cc1ccccc1-c1cccc(CC=O)c1. The summed E-state index contributed by atoms with van der Waals surface area (Å²) in [5.41, 5.74) is 4.73. The van der Waals surface area contributed by atoms with Crippen LogP contribution in [-0.4, -0.2) is 6.29 Å². The standard InChI is InChI=1S/C15H14O/c1-12-5-2-3-8-15(12)14-7-4-6-13(11-14)9-10-16/h2-8,10-11H,9H2,1H3. The van der Waals surface area contributed by atoms with E-state index in [4.69, 9.17) is 0 Å². The lowest BCUT2D eigenvalue weighted by atomic mass is 9.98. The van der Waals surface area contributed by atoms with Gasteiger partial charge in [0.1, 0.15) is 6.29 Å². The van der Waals surface area contributed by atoms with Gasteiger partial charge < -0.3 is 4.79 Å². The van der Waals surface area contributed by atoms with Gasteiger partial charge in [0.25, 0.3) is 0 Å². The predicted octanol–water partition coefficient (Wildman–Crippen LogP) is 3.40. The van der Waals surface area contributed by atoms with E-state index in [9.17, 15) is 4.79 Å². The van der Waals surface area contributed by atoms with Gasteiger partial charge in [0.05, 0.1) is 0 Å². The van der Waals surface area contributed by atoms with Gasteiger partial charge in [-0.1, -0.05) is 48.5 Å². The summed E-state index contributed by atoms with van der Waals surface area (Å²) in [6, 6.07) is 16.4. The summed E-state index contributed by atoms with van der Waals surface area (Å²) in [4.78, 5) is 10.5. The number of carbonyl (C=O) groups excluding carboxylic acids is 1. The minimum atomic E-state index is 0.486. The van der Waals surface area contributed by atoms with E-state index >= 15 is 0 Å². The first-order valence-corrected chi connectivity index (χ1v) is 5.40. The Kier molecular flexibility index (Phi) is 3.16. The molecule has 2 aromatic carbocycles. The predicted molar refractivity (Wildman–Crippen MR) is 66.4 cm³/mol. The fourth-order valence-electron chi connectivity index (χ4n) is 1.86. The Bertz CT molecular complexity index is 500. The van der Waals surface area contributed by atoms with E-state index in [2.05, 4.69) is 31.2 Å². The van der Waals surface area contributed by atoms with Crippen molar-refractivity contribution in [3.63, 3.8) is 0 Å². The highest BCUT2D eigenvalue weighted by molar-refractivity contribution is 5.68. The Morgan fingerprint density at radius 3 is 2.62 bits per heavy atom. The van der Waals surface area contributed by atoms with Crippen molar-refractivity contribution in [3.05, 3.63) is 59.7 Å². The third-order valence-electron chi connectivity index (χ3n) is 2.70. The summed E-state index contributed by atoms with van der Waals surface area (Å²) in [6.07, 6.45) is 1.43. The van der Waals surface area contributed by atoms with Crippen LogP contribution in [0, 0.1) is 6.92 Å². The van der Waals surface area contributed by atoms with Crippen molar-refractivity contribution in [1.82, 2.24) is 0 Å². The Labute approximate surface area is 95.7 Å². The number of aldehydes is 1. The Morgan fingerprint density at radius 2 is 1.88 bits per heavy atom. The smallest absolute Gasteiger partial charge is 0.124 e. The van der Waals surface area contributed by atoms with Crippen LogP contribution in [0.2, 0.25) is 0 Å². The van der Waals surface area contributed by atoms with E-state index < -0.39 is 0 Å². The zero-order valence-electron chi connectivity index (χ0n) is 9.31. The Hall–Kier alpha value is -1.89. The summed E-state index contributed by atoms with van der Waals surface area (Å²) < 4.78 is 0. The fraction of sp³-hybridized carbons (Fsp3) is 0.133. The van der Waals surface area contributed by atoms with E-state index in [0.717, 1.165) is 11.8 Å². The molecular formula is C15H14O. The number of benzene rings is 2. The quantitative estimate of drug-likeness (QED) is 0.709. The first-order chi connectivity index (χ1) is 7.81. The maximum Gasteiger partial charge on any atom is 0.124 e. The second-order valence-electron chi connectivity index (χ2n) is 3.89. The first kappa shape index (κ1) is 10.6. The number of rotatable bonds is 3. The van der Waals surface area contributed by atoms with Gasteiger partial charge in [0.2, 0.25) is 0 Å². The molecule has 0 aliphatic carbocycles. The van der Waals surface area contributed by atoms with Crippen molar-refractivity contribution in [3.8, 4) is 11.1 Å². The molecule has 0 radical (unpaired) electrons. The normalized spacial score (nSPS) is 10.1. The fourth-order valence-corrected chi connectivity index (χ4v) is 1.86. The van der Waals surface area contributed by atoms with Crippen LogP contribution in [-0.2, 0) is 11.2 Å². The van der Waals surface area contributed by atoms with Crippen LogP contribution in [0.5, 0.6) is 0 Å². The van der Waals surface area contributed by atoms with Crippen LogP contribution in [0.4, 0.5) is 0 Å². The van der Waals surface area contributed by atoms with Crippen molar-refractivity contribution in [2.45, 2.75) is 13.3 Å². The van der Waals surface area contributed by atoms with Gasteiger partial charge >= 0.3 is 0 Å². The second kappa shape index (κ2) is 4.75. The van der Waals surface area contributed by atoms with Gasteiger partial charge in [0.15, 0.2) is 0 Å². The van der Waals surface area contributed by atoms with E-state index in [1.807, 2.05) is 24.3 Å². The van der Waals surface area contributed by atoms with Crippen molar-refractivity contribution < 1.29 is 4.79 Å². The average Bonchev–Trinajstić information content (AvgIpc) is 2.30. The number of aryl methyl sites for hydroxylation is 1. The molecule has 0 aromatic heterocycles. The average molecular weight is 210 g/mol. The highest BCUT2D eigenvalue weighted by Gasteiger charge is 2.01. The monoisotopic (exact) mass is 210 g/mol. The molecule has 0 amide bonds. The van der Waals surface area contributed by atoms with E-state index in [-0.39, 0.29) is 0 Å². The molecule has 0 N–H and O–H groups in total. The lowest BCUT2D eigenvalue weighted by Crippen LogP contribution is -1.88. The zero-order valence-corrected chi connectivity index (χ0v) is 9.31. The summed E-state index contributed by atoms with van der Waals surface area (Å²) in [6.45, 7) is 2.10. The third-order valence-corrected chi connectivity index (χ3v) is 2.70. The molecule has 0 atom stereocenters. The minimum Gasteiger partial charge on any atom is -0.303 e. The molecule has 1 heteroatoms. The van der Waals surface area contributed by atoms with E-state index in [1.54, 1.807) is 0 Å². The number of hydrogen-bond donors (Lipinski definition) is 0. The molecule has 0 spiro atoms. The molecule has 0 unspecified atom stereocenters. The van der Waals surface area contributed by atoms with Crippen molar-refractivity contribution in [2.24, 2.45) is 0 Å². The van der Waals surface area contributed by atoms with E-state index in [0.29, 0.717) is 6.42 Å². The van der Waals surface area contributed by atoms with Crippen molar-refractivity contribution in [2.75, 3.05) is 0 Å². The van der Waals surface area contributed by atoms with Crippen LogP contribution in [0.15, 0.2) is 48.5 Å². The lowest BCUT2D eigenvalue weighted by Gasteiger charge is -2.06. The Balaban J connectivity index is 2.44.